The highest BCUT2D eigenvalue weighted by atomic mass is 16.5. The Kier molecular flexibility index (Phi) is 3.96. The van der Waals surface area contributed by atoms with Gasteiger partial charge in [-0.15, -0.1) is 5.10 Å². The SMILES string of the molecule is COc1cc(N2CCN(Cc3cn(C)nn3)CC2)ncn1. The Morgan fingerprint density at radius 2 is 2.00 bits per heavy atom. The molecule has 0 bridgehead atoms. The first-order chi connectivity index (χ1) is 10.2. The van der Waals surface area contributed by atoms with Gasteiger partial charge in [0.15, 0.2) is 0 Å². The number of aryl methyl sites for hydroxylation is 1. The van der Waals surface area contributed by atoms with Crippen molar-refractivity contribution < 1.29 is 4.74 Å². The van der Waals surface area contributed by atoms with E-state index in [2.05, 4.69) is 30.1 Å². The maximum atomic E-state index is 5.14. The van der Waals surface area contributed by atoms with Crippen LogP contribution < -0.4 is 9.64 Å². The summed E-state index contributed by atoms with van der Waals surface area (Å²) >= 11 is 0. The fourth-order valence-corrected chi connectivity index (χ4v) is 2.45. The van der Waals surface area contributed by atoms with Crippen LogP contribution in [-0.2, 0) is 13.6 Å². The zero-order valence-electron chi connectivity index (χ0n) is 12.3. The molecular weight excluding hydrogens is 270 g/mol. The molecule has 0 atom stereocenters. The normalized spacial score (nSPS) is 16.2. The van der Waals surface area contributed by atoms with E-state index in [0.29, 0.717) is 5.88 Å². The molecule has 0 unspecified atom stereocenters. The number of anilines is 1. The topological polar surface area (TPSA) is 72.2 Å². The van der Waals surface area contributed by atoms with E-state index in [0.717, 1.165) is 44.2 Å². The number of ether oxygens (including phenoxy) is 1. The van der Waals surface area contributed by atoms with Gasteiger partial charge in [-0.3, -0.25) is 9.58 Å². The van der Waals surface area contributed by atoms with Crippen LogP contribution in [0.25, 0.3) is 0 Å². The van der Waals surface area contributed by atoms with Gasteiger partial charge in [-0.1, -0.05) is 5.21 Å². The molecule has 0 aromatic carbocycles. The predicted octanol–water partition coefficient (Wildman–Crippen LogP) is -0.0641. The van der Waals surface area contributed by atoms with Gasteiger partial charge in [0.25, 0.3) is 0 Å². The Bertz CT molecular complexity index is 592. The Morgan fingerprint density at radius 1 is 1.19 bits per heavy atom. The van der Waals surface area contributed by atoms with Crippen molar-refractivity contribution in [1.29, 1.82) is 0 Å². The zero-order valence-corrected chi connectivity index (χ0v) is 12.3. The van der Waals surface area contributed by atoms with Crippen LogP contribution in [-0.4, -0.2) is 63.2 Å². The first kappa shape index (κ1) is 13.7. The summed E-state index contributed by atoms with van der Waals surface area (Å²) in [4.78, 5) is 13.0. The Balaban J connectivity index is 1.57. The minimum absolute atomic E-state index is 0.599. The largest absolute Gasteiger partial charge is 0.481 e. The number of aromatic nitrogens is 5. The van der Waals surface area contributed by atoms with Crippen molar-refractivity contribution in [3.63, 3.8) is 0 Å². The highest BCUT2D eigenvalue weighted by molar-refractivity contribution is 5.41. The Hall–Kier alpha value is -2.22. The summed E-state index contributed by atoms with van der Waals surface area (Å²) in [7, 11) is 3.50. The second-order valence-corrected chi connectivity index (χ2v) is 5.07. The highest BCUT2D eigenvalue weighted by Crippen LogP contribution is 2.17. The number of methoxy groups -OCH3 is 1. The lowest BCUT2D eigenvalue weighted by atomic mass is 10.3. The van der Waals surface area contributed by atoms with E-state index < -0.39 is 0 Å². The number of piperazine rings is 1. The van der Waals surface area contributed by atoms with E-state index >= 15 is 0 Å². The van der Waals surface area contributed by atoms with E-state index in [9.17, 15) is 0 Å². The van der Waals surface area contributed by atoms with Gasteiger partial charge in [-0.05, 0) is 0 Å². The van der Waals surface area contributed by atoms with Gasteiger partial charge >= 0.3 is 0 Å². The average molecular weight is 289 g/mol. The maximum Gasteiger partial charge on any atom is 0.218 e. The molecule has 0 aliphatic carbocycles. The quantitative estimate of drug-likeness (QED) is 0.780. The summed E-state index contributed by atoms with van der Waals surface area (Å²) in [6.07, 6.45) is 3.50. The molecule has 3 heterocycles. The van der Waals surface area contributed by atoms with E-state index in [1.54, 1.807) is 18.1 Å². The Morgan fingerprint density at radius 3 is 2.67 bits per heavy atom. The third kappa shape index (κ3) is 3.27. The molecule has 0 radical (unpaired) electrons. The molecule has 0 spiro atoms. The third-order valence-corrected chi connectivity index (χ3v) is 3.57. The zero-order chi connectivity index (χ0) is 14.7. The molecule has 0 amide bonds. The third-order valence-electron chi connectivity index (χ3n) is 3.57. The lowest BCUT2D eigenvalue weighted by molar-refractivity contribution is 0.246. The van der Waals surface area contributed by atoms with Crippen molar-refractivity contribution in [2.75, 3.05) is 38.2 Å². The minimum Gasteiger partial charge on any atom is -0.481 e. The van der Waals surface area contributed by atoms with Crippen LogP contribution in [0.3, 0.4) is 0 Å². The van der Waals surface area contributed by atoms with Crippen LogP contribution in [0, 0.1) is 0 Å². The molecule has 1 saturated heterocycles. The number of hydrogen-bond acceptors (Lipinski definition) is 7. The molecule has 0 N–H and O–H groups in total. The molecule has 1 aliphatic heterocycles. The van der Waals surface area contributed by atoms with Gasteiger partial charge in [-0.25, -0.2) is 9.97 Å². The van der Waals surface area contributed by atoms with Gasteiger partial charge in [-0.2, -0.15) is 0 Å². The van der Waals surface area contributed by atoms with Crippen LogP contribution in [0.15, 0.2) is 18.6 Å². The Labute approximate surface area is 123 Å². The van der Waals surface area contributed by atoms with Crippen molar-refractivity contribution in [1.82, 2.24) is 29.9 Å². The molecule has 3 rings (SSSR count). The summed E-state index contributed by atoms with van der Waals surface area (Å²) in [6.45, 7) is 4.65. The summed E-state index contributed by atoms with van der Waals surface area (Å²) in [5.74, 6) is 1.52. The molecule has 21 heavy (non-hydrogen) atoms. The summed E-state index contributed by atoms with van der Waals surface area (Å²) < 4.78 is 6.88. The number of hydrogen-bond donors (Lipinski definition) is 0. The van der Waals surface area contributed by atoms with E-state index in [4.69, 9.17) is 4.74 Å². The van der Waals surface area contributed by atoms with E-state index in [1.807, 2.05) is 19.3 Å². The summed E-state index contributed by atoms with van der Waals surface area (Å²) in [6, 6.07) is 1.87. The lowest BCUT2D eigenvalue weighted by Gasteiger charge is -2.34. The van der Waals surface area contributed by atoms with Gasteiger partial charge in [0.05, 0.1) is 12.8 Å². The highest BCUT2D eigenvalue weighted by Gasteiger charge is 2.19. The van der Waals surface area contributed by atoms with Gasteiger partial charge in [0.1, 0.15) is 12.1 Å². The van der Waals surface area contributed by atoms with Crippen molar-refractivity contribution in [2.45, 2.75) is 6.54 Å². The molecule has 2 aromatic heterocycles. The average Bonchev–Trinajstić information content (AvgIpc) is 2.93. The summed E-state index contributed by atoms with van der Waals surface area (Å²) in [5.41, 5.74) is 1.01. The van der Waals surface area contributed by atoms with E-state index in [1.165, 1.54) is 0 Å². The second-order valence-electron chi connectivity index (χ2n) is 5.07. The van der Waals surface area contributed by atoms with Crippen molar-refractivity contribution in [3.05, 3.63) is 24.3 Å². The van der Waals surface area contributed by atoms with Crippen molar-refractivity contribution in [2.24, 2.45) is 7.05 Å². The number of nitrogens with zero attached hydrogens (tertiary/aromatic N) is 7. The second kappa shape index (κ2) is 6.04. The predicted molar refractivity (Wildman–Crippen MR) is 77.1 cm³/mol. The summed E-state index contributed by atoms with van der Waals surface area (Å²) in [5, 5.41) is 8.09. The van der Waals surface area contributed by atoms with Gasteiger partial charge < -0.3 is 9.64 Å². The minimum atomic E-state index is 0.599. The van der Waals surface area contributed by atoms with E-state index in [-0.39, 0.29) is 0 Å². The molecular formula is C13H19N7O. The molecule has 8 heteroatoms. The van der Waals surface area contributed by atoms with Gasteiger partial charge in [0.2, 0.25) is 5.88 Å². The van der Waals surface area contributed by atoms with Crippen LogP contribution in [0.5, 0.6) is 5.88 Å². The van der Waals surface area contributed by atoms with Gasteiger partial charge in [0, 0.05) is 52.0 Å². The smallest absolute Gasteiger partial charge is 0.218 e. The van der Waals surface area contributed by atoms with Crippen molar-refractivity contribution in [3.8, 4) is 5.88 Å². The fourth-order valence-electron chi connectivity index (χ4n) is 2.45. The standard InChI is InChI=1S/C13H19N7O/c1-18-8-11(16-17-18)9-19-3-5-20(6-4-19)12-7-13(21-2)15-10-14-12/h7-8,10H,3-6,9H2,1-2H3. The van der Waals surface area contributed by atoms with Crippen LogP contribution >= 0.6 is 0 Å². The van der Waals surface area contributed by atoms with Crippen LogP contribution in [0.4, 0.5) is 5.82 Å². The molecule has 0 saturated carbocycles. The monoisotopic (exact) mass is 289 g/mol. The fraction of sp³-hybridized carbons (Fsp3) is 0.538. The first-order valence-electron chi connectivity index (χ1n) is 6.93. The molecule has 8 nitrogen and oxygen atoms in total. The number of rotatable bonds is 4. The van der Waals surface area contributed by atoms with Crippen LogP contribution in [0.1, 0.15) is 5.69 Å². The molecule has 1 fully saturated rings. The maximum absolute atomic E-state index is 5.14. The molecule has 2 aromatic rings. The molecule has 112 valence electrons. The first-order valence-corrected chi connectivity index (χ1v) is 6.93. The van der Waals surface area contributed by atoms with Crippen molar-refractivity contribution >= 4 is 5.82 Å². The molecule has 1 aliphatic rings. The lowest BCUT2D eigenvalue weighted by Crippen LogP contribution is -2.46. The van der Waals surface area contributed by atoms with Crippen LogP contribution in [0.2, 0.25) is 0 Å².